The average molecular weight is 245 g/mol. The number of guanidine groups is 1. The number of nitrogens with zero attached hydrogens (tertiary/aromatic N) is 2. The fraction of sp³-hybridized carbons (Fsp3) is 0.0909. The summed E-state index contributed by atoms with van der Waals surface area (Å²) < 4.78 is 0. The molecule has 0 spiro atoms. The maximum Gasteiger partial charge on any atom is 0.330 e. The van der Waals surface area contributed by atoms with Gasteiger partial charge in [0.1, 0.15) is 6.33 Å². The van der Waals surface area contributed by atoms with Gasteiger partial charge in [-0.2, -0.15) is 0 Å². The van der Waals surface area contributed by atoms with Crippen molar-refractivity contribution in [3.8, 4) is 0 Å². The van der Waals surface area contributed by atoms with Crippen molar-refractivity contribution in [3.63, 3.8) is 0 Å². The first-order chi connectivity index (χ1) is 8.58. The zero-order chi connectivity index (χ0) is 13.1. The van der Waals surface area contributed by atoms with Crippen LogP contribution in [0.5, 0.6) is 0 Å². The van der Waals surface area contributed by atoms with Gasteiger partial charge >= 0.3 is 5.97 Å². The molecule has 2 aromatic rings. The molecular formula is C11H11N5O2. The van der Waals surface area contributed by atoms with Gasteiger partial charge in [0.15, 0.2) is 12.0 Å². The molecule has 0 aliphatic carbocycles. The van der Waals surface area contributed by atoms with Gasteiger partial charge in [0.2, 0.25) is 0 Å². The summed E-state index contributed by atoms with van der Waals surface area (Å²) in [7, 11) is 0. The summed E-state index contributed by atoms with van der Waals surface area (Å²) in [6.45, 7) is 0. The first kappa shape index (κ1) is 11.8. The minimum absolute atomic E-state index is 0.396. The van der Waals surface area contributed by atoms with Gasteiger partial charge in [-0.05, 0) is 17.7 Å². The molecule has 0 bridgehead atoms. The maximum absolute atomic E-state index is 11.1. The van der Waals surface area contributed by atoms with Gasteiger partial charge in [-0.25, -0.2) is 14.8 Å². The highest BCUT2D eigenvalue weighted by Crippen LogP contribution is 2.18. The molecule has 0 amide bonds. The number of carboxylic acid groups (broad SMARTS) is 1. The summed E-state index contributed by atoms with van der Waals surface area (Å²) in [5.74, 6) is -1.51. The Morgan fingerprint density at radius 3 is 2.94 bits per heavy atom. The van der Waals surface area contributed by atoms with E-state index < -0.39 is 18.0 Å². The van der Waals surface area contributed by atoms with E-state index in [1.54, 1.807) is 24.4 Å². The Morgan fingerprint density at radius 2 is 2.28 bits per heavy atom. The fourth-order valence-electron chi connectivity index (χ4n) is 1.63. The second kappa shape index (κ2) is 4.66. The normalized spacial score (nSPS) is 12.0. The van der Waals surface area contributed by atoms with Crippen LogP contribution in [0.1, 0.15) is 11.6 Å². The monoisotopic (exact) mass is 245 g/mol. The maximum atomic E-state index is 11.1. The molecule has 1 unspecified atom stereocenters. The molecule has 1 atom stereocenters. The zero-order valence-electron chi connectivity index (χ0n) is 9.29. The summed E-state index contributed by atoms with van der Waals surface area (Å²) in [5.41, 5.74) is 6.37. The second-order valence-corrected chi connectivity index (χ2v) is 3.67. The van der Waals surface area contributed by atoms with Gasteiger partial charge in [-0.1, -0.05) is 6.07 Å². The summed E-state index contributed by atoms with van der Waals surface area (Å²) in [4.78, 5) is 19.0. The molecule has 0 aliphatic heterocycles. The molecule has 92 valence electrons. The standard InChI is InChI=1S/C11H11N5O2/c12-11(13)16-9(10(17)18)6-1-2-8-7(3-6)4-14-5-15-8/h1-5,9H,(H,17,18)(H4,12,13,16). The SMILES string of the molecule is N=C(N)NC(C(=O)O)c1ccc2ncncc2c1. The largest absolute Gasteiger partial charge is 0.479 e. The zero-order valence-corrected chi connectivity index (χ0v) is 9.29. The number of carbonyl (C=O) groups is 1. The van der Waals surface area contributed by atoms with E-state index in [4.69, 9.17) is 16.2 Å². The number of hydrogen-bond donors (Lipinski definition) is 4. The highest BCUT2D eigenvalue weighted by atomic mass is 16.4. The lowest BCUT2D eigenvalue weighted by Crippen LogP contribution is -2.37. The number of rotatable bonds is 3. The van der Waals surface area contributed by atoms with Gasteiger partial charge in [0.25, 0.3) is 0 Å². The van der Waals surface area contributed by atoms with Crippen LogP contribution in [0.2, 0.25) is 0 Å². The highest BCUT2D eigenvalue weighted by Gasteiger charge is 2.20. The van der Waals surface area contributed by atoms with E-state index in [0.29, 0.717) is 5.56 Å². The smallest absolute Gasteiger partial charge is 0.330 e. The van der Waals surface area contributed by atoms with Gasteiger partial charge in [0.05, 0.1) is 5.52 Å². The van der Waals surface area contributed by atoms with Crippen LogP contribution in [-0.2, 0) is 4.79 Å². The molecule has 1 aromatic heterocycles. The molecular weight excluding hydrogens is 234 g/mol. The number of fused-ring (bicyclic) bond motifs is 1. The van der Waals surface area contributed by atoms with Crippen LogP contribution in [0.25, 0.3) is 10.9 Å². The molecule has 7 heteroatoms. The topological polar surface area (TPSA) is 125 Å². The number of hydrogen-bond acceptors (Lipinski definition) is 4. The van der Waals surface area contributed by atoms with Gasteiger partial charge in [-0.3, -0.25) is 5.41 Å². The summed E-state index contributed by atoms with van der Waals surface area (Å²) >= 11 is 0. The molecule has 0 saturated heterocycles. The van der Waals surface area contributed by atoms with Crippen molar-refractivity contribution < 1.29 is 9.90 Å². The lowest BCUT2D eigenvalue weighted by molar-refractivity contribution is -0.139. The predicted molar refractivity (Wildman–Crippen MR) is 65.0 cm³/mol. The number of nitrogens with two attached hydrogens (primary N) is 1. The third kappa shape index (κ3) is 2.34. The molecule has 18 heavy (non-hydrogen) atoms. The van der Waals surface area contributed by atoms with Crippen molar-refractivity contribution in [2.45, 2.75) is 6.04 Å². The van der Waals surface area contributed by atoms with E-state index in [0.717, 1.165) is 10.9 Å². The number of benzene rings is 1. The first-order valence-electron chi connectivity index (χ1n) is 5.11. The number of aromatic nitrogens is 2. The molecule has 1 heterocycles. The van der Waals surface area contributed by atoms with Crippen LogP contribution in [0.3, 0.4) is 0 Å². The molecule has 0 aliphatic rings. The van der Waals surface area contributed by atoms with Crippen LogP contribution >= 0.6 is 0 Å². The van der Waals surface area contributed by atoms with Crippen molar-refractivity contribution >= 4 is 22.8 Å². The van der Waals surface area contributed by atoms with Gasteiger partial charge < -0.3 is 16.2 Å². The van der Waals surface area contributed by atoms with Crippen molar-refractivity contribution in [2.75, 3.05) is 0 Å². The quantitative estimate of drug-likeness (QED) is 0.453. The summed E-state index contributed by atoms with van der Waals surface area (Å²) in [6.07, 6.45) is 3.02. The van der Waals surface area contributed by atoms with Crippen molar-refractivity contribution in [1.82, 2.24) is 15.3 Å². The molecule has 0 fully saturated rings. The van der Waals surface area contributed by atoms with E-state index in [2.05, 4.69) is 15.3 Å². The third-order valence-corrected chi connectivity index (χ3v) is 2.41. The van der Waals surface area contributed by atoms with E-state index in [1.165, 1.54) is 6.33 Å². The minimum atomic E-state index is -1.11. The van der Waals surface area contributed by atoms with Crippen LogP contribution < -0.4 is 11.1 Å². The van der Waals surface area contributed by atoms with Crippen molar-refractivity contribution in [3.05, 3.63) is 36.3 Å². The van der Waals surface area contributed by atoms with Crippen LogP contribution in [0.15, 0.2) is 30.7 Å². The van der Waals surface area contributed by atoms with E-state index >= 15 is 0 Å². The molecule has 5 N–H and O–H groups in total. The summed E-state index contributed by atoms with van der Waals surface area (Å²) in [5, 5.41) is 19.3. The van der Waals surface area contributed by atoms with E-state index in [-0.39, 0.29) is 0 Å². The predicted octanol–water partition coefficient (Wildman–Crippen LogP) is 0.239. The number of aliphatic carboxylic acids is 1. The Bertz CT molecular complexity index is 613. The third-order valence-electron chi connectivity index (χ3n) is 2.41. The molecule has 2 rings (SSSR count). The highest BCUT2D eigenvalue weighted by molar-refractivity contribution is 5.86. The van der Waals surface area contributed by atoms with Crippen LogP contribution in [0.4, 0.5) is 0 Å². The molecule has 0 radical (unpaired) electrons. The lowest BCUT2D eigenvalue weighted by Gasteiger charge is -2.14. The lowest BCUT2D eigenvalue weighted by atomic mass is 10.0. The van der Waals surface area contributed by atoms with Crippen molar-refractivity contribution in [1.29, 1.82) is 5.41 Å². The first-order valence-corrected chi connectivity index (χ1v) is 5.11. The minimum Gasteiger partial charge on any atom is -0.479 e. The van der Waals surface area contributed by atoms with Crippen molar-refractivity contribution in [2.24, 2.45) is 5.73 Å². The van der Waals surface area contributed by atoms with E-state index in [9.17, 15) is 4.79 Å². The Hall–Kier alpha value is -2.70. The molecule has 1 aromatic carbocycles. The van der Waals surface area contributed by atoms with Crippen LogP contribution in [0, 0.1) is 5.41 Å². The average Bonchev–Trinajstić information content (AvgIpc) is 2.35. The Balaban J connectivity index is 2.44. The Kier molecular flexibility index (Phi) is 3.05. The number of nitrogens with one attached hydrogen (secondary N) is 2. The Labute approximate surface area is 102 Å². The molecule has 0 saturated carbocycles. The van der Waals surface area contributed by atoms with Crippen LogP contribution in [-0.4, -0.2) is 27.0 Å². The van der Waals surface area contributed by atoms with Gasteiger partial charge in [-0.15, -0.1) is 0 Å². The fourth-order valence-corrected chi connectivity index (χ4v) is 1.63. The Morgan fingerprint density at radius 1 is 1.50 bits per heavy atom. The van der Waals surface area contributed by atoms with Gasteiger partial charge in [0, 0.05) is 11.6 Å². The second-order valence-electron chi connectivity index (χ2n) is 3.67. The number of carboxylic acids is 1. The summed E-state index contributed by atoms with van der Waals surface area (Å²) in [6, 6.07) is 3.92. The van der Waals surface area contributed by atoms with E-state index in [1.807, 2.05) is 0 Å². The molecule has 7 nitrogen and oxygen atoms in total.